The van der Waals surface area contributed by atoms with Crippen LogP contribution in [0.25, 0.3) is 22.6 Å². The second kappa shape index (κ2) is 8.17. The Kier molecular flexibility index (Phi) is 5.22. The molecule has 1 saturated heterocycles. The van der Waals surface area contributed by atoms with E-state index >= 15 is 0 Å². The first-order valence-corrected chi connectivity index (χ1v) is 11.1. The maximum atomic E-state index is 13.0. The van der Waals surface area contributed by atoms with E-state index in [2.05, 4.69) is 4.98 Å². The molecule has 1 aliphatic heterocycles. The summed E-state index contributed by atoms with van der Waals surface area (Å²) in [5.74, 6) is 0.874. The molecule has 0 bridgehead atoms. The second-order valence-electron chi connectivity index (χ2n) is 8.68. The summed E-state index contributed by atoms with van der Waals surface area (Å²) in [5.41, 5.74) is 3.04. The lowest BCUT2D eigenvalue weighted by Crippen LogP contribution is -2.37. The molecule has 2 aliphatic rings. The number of para-hydroxylation sites is 2. The van der Waals surface area contributed by atoms with Gasteiger partial charge in [-0.3, -0.25) is 9.59 Å². The van der Waals surface area contributed by atoms with Crippen LogP contribution in [0, 0.1) is 5.92 Å². The number of likely N-dealkylation sites (tertiary alicyclic amines) is 1. The van der Waals surface area contributed by atoms with Gasteiger partial charge in [0.1, 0.15) is 5.52 Å². The van der Waals surface area contributed by atoms with Crippen molar-refractivity contribution in [2.75, 3.05) is 20.1 Å². The summed E-state index contributed by atoms with van der Waals surface area (Å²) in [6.45, 7) is 1.78. The first-order chi connectivity index (χ1) is 15.1. The van der Waals surface area contributed by atoms with E-state index in [0.717, 1.165) is 61.9 Å². The van der Waals surface area contributed by atoms with Gasteiger partial charge in [-0.1, -0.05) is 12.1 Å². The van der Waals surface area contributed by atoms with Crippen LogP contribution >= 0.6 is 0 Å². The molecule has 5 rings (SSSR count). The van der Waals surface area contributed by atoms with Gasteiger partial charge in [0.25, 0.3) is 5.91 Å². The first kappa shape index (κ1) is 19.8. The summed E-state index contributed by atoms with van der Waals surface area (Å²) >= 11 is 0. The monoisotopic (exact) mass is 417 g/mol. The number of amides is 2. The summed E-state index contributed by atoms with van der Waals surface area (Å²) in [4.78, 5) is 34.1. The molecular formula is C25H27N3O3. The van der Waals surface area contributed by atoms with Gasteiger partial charge in [-0.05, 0) is 68.5 Å². The Hall–Kier alpha value is -3.15. The van der Waals surface area contributed by atoms with E-state index < -0.39 is 0 Å². The highest BCUT2D eigenvalue weighted by molar-refractivity contribution is 5.95. The van der Waals surface area contributed by atoms with Gasteiger partial charge in [-0.25, -0.2) is 4.98 Å². The highest BCUT2D eigenvalue weighted by atomic mass is 16.3. The number of hydrogen-bond donors (Lipinski definition) is 0. The number of rotatable bonds is 4. The second-order valence-corrected chi connectivity index (χ2v) is 8.68. The summed E-state index contributed by atoms with van der Waals surface area (Å²) in [5, 5.41) is 0. The summed E-state index contributed by atoms with van der Waals surface area (Å²) in [7, 11) is 1.85. The molecule has 1 unspecified atom stereocenters. The van der Waals surface area contributed by atoms with Crippen LogP contribution in [0.5, 0.6) is 0 Å². The van der Waals surface area contributed by atoms with Gasteiger partial charge in [-0.2, -0.15) is 0 Å². The average molecular weight is 418 g/mol. The fraction of sp³-hybridized carbons (Fsp3) is 0.400. The maximum Gasteiger partial charge on any atom is 0.253 e. The van der Waals surface area contributed by atoms with E-state index in [1.165, 1.54) is 0 Å². The van der Waals surface area contributed by atoms with Crippen LogP contribution in [0.4, 0.5) is 0 Å². The van der Waals surface area contributed by atoms with E-state index in [1.54, 1.807) is 0 Å². The highest BCUT2D eigenvalue weighted by Crippen LogP contribution is 2.32. The van der Waals surface area contributed by atoms with E-state index in [4.69, 9.17) is 4.42 Å². The molecule has 3 aromatic rings. The van der Waals surface area contributed by atoms with Gasteiger partial charge in [0.15, 0.2) is 5.58 Å². The standard InChI is InChI=1S/C25H27N3O3/c1-27(20-13-12-19(16-20)25(30)28-14-4-5-15-28)24(29)18-10-8-17(9-11-18)23-26-21-6-2-3-7-22(21)31-23/h2-3,6-11,19-20H,4-5,12-16H2,1H3/t19-,20?/m0/s1. The predicted molar refractivity (Wildman–Crippen MR) is 118 cm³/mol. The normalized spacial score (nSPS) is 21.0. The molecular weight excluding hydrogens is 390 g/mol. The van der Waals surface area contributed by atoms with Crippen LogP contribution < -0.4 is 0 Å². The quantitative estimate of drug-likeness (QED) is 0.633. The topological polar surface area (TPSA) is 66.7 Å². The van der Waals surface area contributed by atoms with Crippen LogP contribution in [-0.2, 0) is 4.79 Å². The third kappa shape index (κ3) is 3.82. The molecule has 0 N–H and O–H groups in total. The molecule has 6 heteroatoms. The highest BCUT2D eigenvalue weighted by Gasteiger charge is 2.36. The van der Waals surface area contributed by atoms with Crippen LogP contribution in [0.2, 0.25) is 0 Å². The molecule has 1 aliphatic carbocycles. The third-order valence-electron chi connectivity index (χ3n) is 6.71. The number of aromatic nitrogens is 1. The molecule has 2 heterocycles. The van der Waals surface area contributed by atoms with E-state index in [9.17, 15) is 9.59 Å². The molecule has 160 valence electrons. The van der Waals surface area contributed by atoms with Gasteiger partial charge in [0.05, 0.1) is 0 Å². The molecule has 2 amide bonds. The number of carbonyl (C=O) groups excluding carboxylic acids is 2. The van der Waals surface area contributed by atoms with Gasteiger partial charge >= 0.3 is 0 Å². The van der Waals surface area contributed by atoms with Crippen LogP contribution in [-0.4, -0.2) is 52.8 Å². The van der Waals surface area contributed by atoms with Crippen molar-refractivity contribution in [1.29, 1.82) is 0 Å². The zero-order chi connectivity index (χ0) is 21.4. The lowest BCUT2D eigenvalue weighted by molar-refractivity contribution is -0.134. The molecule has 2 atom stereocenters. The van der Waals surface area contributed by atoms with Gasteiger partial charge in [0.2, 0.25) is 11.8 Å². The Balaban J connectivity index is 1.25. The van der Waals surface area contributed by atoms with Crippen molar-refractivity contribution in [3.63, 3.8) is 0 Å². The van der Waals surface area contributed by atoms with Gasteiger partial charge in [0, 0.05) is 43.2 Å². The van der Waals surface area contributed by atoms with E-state index in [-0.39, 0.29) is 23.8 Å². The minimum atomic E-state index is -0.0108. The zero-order valence-electron chi connectivity index (χ0n) is 17.8. The van der Waals surface area contributed by atoms with Gasteiger partial charge < -0.3 is 14.2 Å². The summed E-state index contributed by atoms with van der Waals surface area (Å²) in [6, 6.07) is 15.2. The molecule has 6 nitrogen and oxygen atoms in total. The number of carbonyl (C=O) groups is 2. The van der Waals surface area contributed by atoms with Crippen molar-refractivity contribution >= 4 is 22.9 Å². The third-order valence-corrected chi connectivity index (χ3v) is 6.71. The Morgan fingerprint density at radius 2 is 1.77 bits per heavy atom. The SMILES string of the molecule is CN(C(=O)c1ccc(-c2nc3ccccc3o2)cc1)C1CC[C@H](C(=O)N2CCCC2)C1. The number of benzene rings is 2. The molecule has 2 aromatic carbocycles. The molecule has 0 spiro atoms. The minimum absolute atomic E-state index is 0.0108. The largest absolute Gasteiger partial charge is 0.436 e. The van der Waals surface area contributed by atoms with Crippen molar-refractivity contribution < 1.29 is 14.0 Å². The van der Waals surface area contributed by atoms with Gasteiger partial charge in [-0.15, -0.1) is 0 Å². The minimum Gasteiger partial charge on any atom is -0.436 e. The molecule has 1 aromatic heterocycles. The summed E-state index contributed by atoms with van der Waals surface area (Å²) < 4.78 is 5.82. The van der Waals surface area contributed by atoms with Crippen LogP contribution in [0.1, 0.15) is 42.5 Å². The number of oxazole rings is 1. The first-order valence-electron chi connectivity index (χ1n) is 11.1. The van der Waals surface area contributed by atoms with Crippen LogP contribution in [0.3, 0.4) is 0 Å². The van der Waals surface area contributed by atoms with E-state index in [0.29, 0.717) is 11.5 Å². The number of hydrogen-bond acceptors (Lipinski definition) is 4. The molecule has 0 radical (unpaired) electrons. The van der Waals surface area contributed by atoms with Crippen molar-refractivity contribution in [2.45, 2.75) is 38.1 Å². The Morgan fingerprint density at radius 1 is 1.03 bits per heavy atom. The van der Waals surface area contributed by atoms with Crippen molar-refractivity contribution in [2.24, 2.45) is 5.92 Å². The smallest absolute Gasteiger partial charge is 0.253 e. The lowest BCUT2D eigenvalue weighted by atomic mass is 10.1. The fourth-order valence-corrected chi connectivity index (χ4v) is 4.85. The van der Waals surface area contributed by atoms with E-state index in [1.807, 2.05) is 65.4 Å². The Morgan fingerprint density at radius 3 is 2.52 bits per heavy atom. The average Bonchev–Trinajstić information content (AvgIpc) is 3.58. The van der Waals surface area contributed by atoms with Crippen molar-refractivity contribution in [1.82, 2.24) is 14.8 Å². The number of fused-ring (bicyclic) bond motifs is 1. The maximum absolute atomic E-state index is 13.0. The Labute approximate surface area is 181 Å². The molecule has 1 saturated carbocycles. The molecule has 2 fully saturated rings. The number of nitrogens with zero attached hydrogens (tertiary/aromatic N) is 3. The van der Waals surface area contributed by atoms with Crippen molar-refractivity contribution in [3.05, 3.63) is 54.1 Å². The predicted octanol–water partition coefficient (Wildman–Crippen LogP) is 4.36. The molecule has 31 heavy (non-hydrogen) atoms. The Bertz CT molecular complexity index is 1070. The van der Waals surface area contributed by atoms with Crippen molar-refractivity contribution in [3.8, 4) is 11.5 Å². The zero-order valence-corrected chi connectivity index (χ0v) is 17.8. The summed E-state index contributed by atoms with van der Waals surface area (Å²) in [6.07, 6.45) is 4.74. The van der Waals surface area contributed by atoms with Crippen LogP contribution in [0.15, 0.2) is 52.9 Å². The lowest BCUT2D eigenvalue weighted by Gasteiger charge is -2.25. The fourth-order valence-electron chi connectivity index (χ4n) is 4.85.